The molecule has 1 saturated heterocycles. The van der Waals surface area contributed by atoms with Crippen LogP contribution in [-0.4, -0.2) is 18.9 Å². The Hall–Kier alpha value is -3.59. The first-order chi connectivity index (χ1) is 17.6. The second kappa shape index (κ2) is 9.13. The van der Waals surface area contributed by atoms with Crippen molar-refractivity contribution in [3.05, 3.63) is 109 Å². The van der Waals surface area contributed by atoms with Gasteiger partial charge in [0.15, 0.2) is 0 Å². The van der Waals surface area contributed by atoms with E-state index in [1.165, 1.54) is 34.0 Å². The molecular weight excluding hydrogens is 440 g/mol. The van der Waals surface area contributed by atoms with Crippen molar-refractivity contribution in [2.24, 2.45) is 17.3 Å². The van der Waals surface area contributed by atoms with Gasteiger partial charge >= 0.3 is 0 Å². The van der Waals surface area contributed by atoms with Crippen LogP contribution in [0.3, 0.4) is 0 Å². The Morgan fingerprint density at radius 2 is 1.44 bits per heavy atom. The average molecular weight is 475 g/mol. The fraction of sp³-hybridized carbons (Fsp3) is 0.303. The minimum atomic E-state index is 0.0295. The van der Waals surface area contributed by atoms with Crippen molar-refractivity contribution in [2.75, 3.05) is 16.3 Å². The number of nitrogens with zero attached hydrogens (tertiary/aromatic N) is 2. The number of fused-ring (bicyclic) bond motifs is 2. The number of aldehydes is 1. The Morgan fingerprint density at radius 1 is 0.778 bits per heavy atom. The standard InChI is InChI=1S/C33H34N2O/c1-33(2)20-26(23-36)29-22-34(27-16-7-4-8-17-27)32(25-13-5-3-6-14-25)35(31(29)21-33)30-19-11-15-24-12-9-10-18-28(24)30/h3-19,23,26,29,31-32H,20-22H2,1-2H3. The lowest BCUT2D eigenvalue weighted by Gasteiger charge is -2.59. The molecule has 1 heterocycles. The maximum atomic E-state index is 12.5. The van der Waals surface area contributed by atoms with Crippen LogP contribution < -0.4 is 9.80 Å². The maximum absolute atomic E-state index is 12.5. The summed E-state index contributed by atoms with van der Waals surface area (Å²) in [5, 5.41) is 2.51. The Kier molecular flexibility index (Phi) is 5.79. The minimum absolute atomic E-state index is 0.0295. The summed E-state index contributed by atoms with van der Waals surface area (Å²) in [6.07, 6.45) is 3.28. The van der Waals surface area contributed by atoms with Crippen molar-refractivity contribution >= 4 is 28.4 Å². The van der Waals surface area contributed by atoms with Gasteiger partial charge in [-0.1, -0.05) is 98.8 Å². The predicted molar refractivity (Wildman–Crippen MR) is 149 cm³/mol. The monoisotopic (exact) mass is 474 g/mol. The van der Waals surface area contributed by atoms with Crippen molar-refractivity contribution < 1.29 is 4.79 Å². The third-order valence-electron chi connectivity index (χ3n) is 8.32. The van der Waals surface area contributed by atoms with Crippen LogP contribution in [0.1, 0.15) is 38.4 Å². The normalized spacial score (nSPS) is 25.4. The quantitative estimate of drug-likeness (QED) is 0.286. The first-order valence-corrected chi connectivity index (χ1v) is 13.1. The molecule has 4 unspecified atom stereocenters. The van der Waals surface area contributed by atoms with Crippen LogP contribution in [0.4, 0.5) is 11.4 Å². The molecule has 36 heavy (non-hydrogen) atoms. The Bertz CT molecular complexity index is 1340. The van der Waals surface area contributed by atoms with E-state index >= 15 is 0 Å². The first kappa shape index (κ1) is 22.8. The highest BCUT2D eigenvalue weighted by atomic mass is 16.1. The average Bonchev–Trinajstić information content (AvgIpc) is 2.92. The first-order valence-electron chi connectivity index (χ1n) is 13.1. The molecule has 1 saturated carbocycles. The summed E-state index contributed by atoms with van der Waals surface area (Å²) in [6, 6.07) is 37.2. The number of carbonyl (C=O) groups is 1. The van der Waals surface area contributed by atoms with Crippen LogP contribution in [0.25, 0.3) is 10.8 Å². The summed E-state index contributed by atoms with van der Waals surface area (Å²) in [4.78, 5) is 17.7. The van der Waals surface area contributed by atoms with Gasteiger partial charge in [0, 0.05) is 41.2 Å². The van der Waals surface area contributed by atoms with Crippen molar-refractivity contribution in [2.45, 2.75) is 38.9 Å². The summed E-state index contributed by atoms with van der Waals surface area (Å²) >= 11 is 0. The molecule has 2 aliphatic rings. The van der Waals surface area contributed by atoms with Crippen molar-refractivity contribution in [3.8, 4) is 0 Å². The van der Waals surface area contributed by atoms with Gasteiger partial charge < -0.3 is 14.6 Å². The van der Waals surface area contributed by atoms with E-state index in [4.69, 9.17) is 0 Å². The summed E-state index contributed by atoms with van der Waals surface area (Å²) < 4.78 is 0. The molecule has 2 fully saturated rings. The zero-order chi connectivity index (χ0) is 24.7. The van der Waals surface area contributed by atoms with Gasteiger partial charge in [-0.25, -0.2) is 0 Å². The molecule has 0 aromatic heterocycles. The molecule has 1 aliphatic carbocycles. The van der Waals surface area contributed by atoms with Crippen molar-refractivity contribution in [1.82, 2.24) is 0 Å². The molecule has 1 aliphatic heterocycles. The lowest BCUT2D eigenvalue weighted by molar-refractivity contribution is -0.115. The number of para-hydroxylation sites is 1. The zero-order valence-corrected chi connectivity index (χ0v) is 21.1. The molecule has 182 valence electrons. The molecule has 3 nitrogen and oxygen atoms in total. The molecule has 0 spiro atoms. The minimum Gasteiger partial charge on any atom is -0.347 e. The smallest absolute Gasteiger partial charge is 0.128 e. The molecule has 0 amide bonds. The highest BCUT2D eigenvalue weighted by Crippen LogP contribution is 2.52. The van der Waals surface area contributed by atoms with E-state index in [0.717, 1.165) is 19.4 Å². The van der Waals surface area contributed by atoms with E-state index in [9.17, 15) is 4.79 Å². The topological polar surface area (TPSA) is 23.6 Å². The number of hydrogen-bond donors (Lipinski definition) is 0. The van der Waals surface area contributed by atoms with Crippen LogP contribution >= 0.6 is 0 Å². The fourth-order valence-electron chi connectivity index (χ4n) is 6.82. The van der Waals surface area contributed by atoms with Crippen LogP contribution in [0.5, 0.6) is 0 Å². The zero-order valence-electron chi connectivity index (χ0n) is 21.1. The molecule has 6 rings (SSSR count). The molecule has 0 N–H and O–H groups in total. The van der Waals surface area contributed by atoms with E-state index in [0.29, 0.717) is 0 Å². The second-order valence-corrected chi connectivity index (χ2v) is 11.3. The second-order valence-electron chi connectivity index (χ2n) is 11.3. The lowest BCUT2D eigenvalue weighted by Crippen LogP contribution is -2.63. The lowest BCUT2D eigenvalue weighted by atomic mass is 9.63. The molecular formula is C33H34N2O. The molecule has 3 heteroatoms. The highest BCUT2D eigenvalue weighted by Gasteiger charge is 2.51. The SMILES string of the molecule is CC1(C)CC(C=O)C2CN(c3ccccc3)C(c3ccccc3)N(c3cccc4ccccc34)C2C1. The third kappa shape index (κ3) is 3.97. The third-order valence-corrected chi connectivity index (χ3v) is 8.32. The molecule has 4 atom stereocenters. The van der Waals surface area contributed by atoms with E-state index in [1.807, 2.05) is 0 Å². The van der Waals surface area contributed by atoms with E-state index in [-0.39, 0.29) is 29.5 Å². The summed E-state index contributed by atoms with van der Waals surface area (Å²) in [5.41, 5.74) is 3.83. The van der Waals surface area contributed by atoms with Gasteiger partial charge in [0.1, 0.15) is 12.5 Å². The summed E-state index contributed by atoms with van der Waals surface area (Å²) in [6.45, 7) is 5.54. The summed E-state index contributed by atoms with van der Waals surface area (Å²) in [7, 11) is 0. The largest absolute Gasteiger partial charge is 0.347 e. The fourth-order valence-corrected chi connectivity index (χ4v) is 6.82. The van der Waals surface area contributed by atoms with Gasteiger partial charge in [0.05, 0.1) is 0 Å². The molecule has 4 aromatic carbocycles. The Labute approximate surface area is 214 Å². The van der Waals surface area contributed by atoms with Gasteiger partial charge in [0.25, 0.3) is 0 Å². The van der Waals surface area contributed by atoms with Crippen molar-refractivity contribution in [3.63, 3.8) is 0 Å². The molecule has 0 radical (unpaired) electrons. The van der Waals surface area contributed by atoms with Crippen LogP contribution in [0.2, 0.25) is 0 Å². The Balaban J connectivity index is 1.62. The van der Waals surface area contributed by atoms with Crippen molar-refractivity contribution in [1.29, 1.82) is 0 Å². The molecule has 4 aromatic rings. The van der Waals surface area contributed by atoms with Crippen LogP contribution in [-0.2, 0) is 4.79 Å². The van der Waals surface area contributed by atoms with Gasteiger partial charge in [-0.2, -0.15) is 0 Å². The number of rotatable bonds is 4. The Morgan fingerprint density at radius 3 is 2.19 bits per heavy atom. The van der Waals surface area contributed by atoms with Gasteiger partial charge in [-0.3, -0.25) is 0 Å². The predicted octanol–water partition coefficient (Wildman–Crippen LogP) is 7.49. The highest BCUT2D eigenvalue weighted by molar-refractivity contribution is 5.95. The van der Waals surface area contributed by atoms with E-state index < -0.39 is 0 Å². The number of hydrogen-bond acceptors (Lipinski definition) is 3. The number of carbonyl (C=O) groups excluding carboxylic acids is 1. The number of benzene rings is 4. The summed E-state index contributed by atoms with van der Waals surface area (Å²) in [5.74, 6) is 0.300. The van der Waals surface area contributed by atoms with Crippen LogP contribution in [0, 0.1) is 17.3 Å². The van der Waals surface area contributed by atoms with Gasteiger partial charge in [-0.15, -0.1) is 0 Å². The number of anilines is 2. The maximum Gasteiger partial charge on any atom is 0.128 e. The van der Waals surface area contributed by atoms with Gasteiger partial charge in [-0.05, 0) is 47.4 Å². The van der Waals surface area contributed by atoms with Gasteiger partial charge in [0.2, 0.25) is 0 Å². The van der Waals surface area contributed by atoms with Crippen LogP contribution in [0.15, 0.2) is 103 Å². The van der Waals surface area contributed by atoms with E-state index in [2.05, 4.69) is 127 Å². The van der Waals surface area contributed by atoms with E-state index in [1.54, 1.807) is 0 Å². The molecule has 0 bridgehead atoms.